The predicted molar refractivity (Wildman–Crippen MR) is 283 cm³/mol. The van der Waals surface area contributed by atoms with Gasteiger partial charge in [-0.15, -0.1) is 35.2 Å². The fraction of sp³-hybridized carbons (Fsp3) is 0.266. The number of hydrogen-bond acceptors (Lipinski definition) is 3. The summed E-state index contributed by atoms with van der Waals surface area (Å²) in [6.45, 7) is 28.4. The van der Waals surface area contributed by atoms with E-state index in [9.17, 15) is 0 Å². The number of fused-ring (bicyclic) bond motifs is 12. The van der Waals surface area contributed by atoms with Crippen LogP contribution in [0.5, 0.6) is 11.5 Å². The summed E-state index contributed by atoms with van der Waals surface area (Å²) in [5.74, 6) is 2.01. The maximum absolute atomic E-state index is 6.98. The minimum atomic E-state index is -0.750. The van der Waals surface area contributed by atoms with Crippen LogP contribution >= 0.6 is 0 Å². The Morgan fingerprint density at radius 3 is 1.80 bits per heavy atom. The molecule has 1 spiro atoms. The fourth-order valence-corrected chi connectivity index (χ4v) is 11.5. The van der Waals surface area contributed by atoms with Gasteiger partial charge in [-0.2, -0.15) is 12.1 Å². The Hall–Kier alpha value is -6.62. The largest absolute Gasteiger partial charge is 0.510 e. The summed E-state index contributed by atoms with van der Waals surface area (Å²) in [6, 6.07) is 51.8. The van der Waals surface area contributed by atoms with E-state index < -0.39 is 5.41 Å². The topological polar surface area (TPSA) is 48.8 Å². The second-order valence-corrected chi connectivity index (χ2v) is 23.6. The molecule has 0 saturated heterocycles. The molecule has 2 aliphatic rings. The van der Waals surface area contributed by atoms with Crippen molar-refractivity contribution >= 4 is 32.8 Å². The molecule has 1 aliphatic heterocycles. The molecule has 4 aromatic heterocycles. The van der Waals surface area contributed by atoms with Crippen LogP contribution in [0.1, 0.15) is 128 Å². The number of pyridine rings is 2. The van der Waals surface area contributed by atoms with Crippen LogP contribution in [0.15, 0.2) is 140 Å². The van der Waals surface area contributed by atoms with E-state index in [-0.39, 0.29) is 42.7 Å². The van der Waals surface area contributed by atoms with Gasteiger partial charge in [-0.3, -0.25) is 9.55 Å². The average Bonchev–Trinajstić information content (AvgIpc) is 3.97. The molecule has 12 rings (SSSR count). The SMILES string of the molecule is CC(C)(C)c1cc2c(c(C(C)(C)C)c1)C1(c3ccc(Oc4[c-]c5c(cc4)c4ccccc4n5-c4ccccn4)[c-]c3-n3[c-][n+](-c4ccncc4)c4cccc1c43)c1c-2cc(C(C)(C)C)cc1C(C)(C)C.[Pt]. The average molecular weight is 1110 g/mol. The van der Waals surface area contributed by atoms with Crippen LogP contribution < -0.4 is 9.30 Å². The molecule has 0 amide bonds. The molecule has 0 bridgehead atoms. The summed E-state index contributed by atoms with van der Waals surface area (Å²) < 4.78 is 13.6. The van der Waals surface area contributed by atoms with Gasteiger partial charge < -0.3 is 13.9 Å². The van der Waals surface area contributed by atoms with Crippen molar-refractivity contribution in [3.05, 3.63) is 203 Å². The molecule has 5 heterocycles. The smallest absolute Gasteiger partial charge is 0.268 e. The first kappa shape index (κ1) is 46.7. The van der Waals surface area contributed by atoms with Gasteiger partial charge in [-0.1, -0.05) is 155 Å². The van der Waals surface area contributed by atoms with Gasteiger partial charge in [0, 0.05) is 62.1 Å². The van der Waals surface area contributed by atoms with E-state index in [0.29, 0.717) is 11.5 Å². The molecule has 0 atom stereocenters. The molecule has 358 valence electrons. The van der Waals surface area contributed by atoms with Crippen LogP contribution in [0.3, 0.4) is 0 Å². The monoisotopic (exact) mass is 1110 g/mol. The van der Waals surface area contributed by atoms with Gasteiger partial charge in [0.15, 0.2) is 0 Å². The minimum Gasteiger partial charge on any atom is -0.510 e. The number of hydrogen-bond donors (Lipinski definition) is 0. The molecule has 0 N–H and O–H groups in total. The van der Waals surface area contributed by atoms with E-state index in [4.69, 9.17) is 9.72 Å². The fourth-order valence-electron chi connectivity index (χ4n) is 11.5. The third-order valence-electron chi connectivity index (χ3n) is 14.8. The van der Waals surface area contributed by atoms with Gasteiger partial charge in [0.05, 0.1) is 16.7 Å². The molecule has 6 aromatic carbocycles. The van der Waals surface area contributed by atoms with Crippen LogP contribution in [-0.4, -0.2) is 19.1 Å². The van der Waals surface area contributed by atoms with Gasteiger partial charge in [-0.05, 0) is 113 Å². The summed E-state index contributed by atoms with van der Waals surface area (Å²) in [4.78, 5) is 9.18. The number of aromatic nitrogens is 5. The summed E-state index contributed by atoms with van der Waals surface area (Å²) in [5.41, 5.74) is 17.7. The molecule has 0 radical (unpaired) electrons. The molecular formula is C64H59N5OPt-2. The van der Waals surface area contributed by atoms with Crippen LogP contribution in [-0.2, 0) is 48.1 Å². The van der Waals surface area contributed by atoms with E-state index >= 15 is 0 Å². The third kappa shape index (κ3) is 7.02. The summed E-state index contributed by atoms with van der Waals surface area (Å²) >= 11 is 0. The molecule has 0 fully saturated rings. The Labute approximate surface area is 432 Å². The van der Waals surface area contributed by atoms with Gasteiger partial charge in [0.25, 0.3) is 6.33 Å². The van der Waals surface area contributed by atoms with Gasteiger partial charge in [-0.25, -0.2) is 4.98 Å². The first-order valence-electron chi connectivity index (χ1n) is 24.7. The Morgan fingerprint density at radius 1 is 0.563 bits per heavy atom. The van der Waals surface area contributed by atoms with Crippen molar-refractivity contribution in [3.63, 3.8) is 0 Å². The molecule has 0 saturated carbocycles. The third-order valence-corrected chi connectivity index (χ3v) is 14.8. The Balaban J connectivity index is 0.00000547. The first-order valence-corrected chi connectivity index (χ1v) is 24.7. The maximum atomic E-state index is 6.98. The predicted octanol–water partition coefficient (Wildman–Crippen LogP) is 14.9. The van der Waals surface area contributed by atoms with Gasteiger partial charge >= 0.3 is 0 Å². The van der Waals surface area contributed by atoms with Crippen molar-refractivity contribution in [2.75, 3.05) is 0 Å². The zero-order valence-electron chi connectivity index (χ0n) is 42.7. The number of ether oxygens (including phenoxy) is 1. The van der Waals surface area contributed by atoms with Gasteiger partial charge in [0.1, 0.15) is 5.82 Å². The molecule has 71 heavy (non-hydrogen) atoms. The number of nitrogens with zero attached hydrogens (tertiary/aromatic N) is 5. The Morgan fingerprint density at radius 2 is 1.18 bits per heavy atom. The molecule has 1 aliphatic carbocycles. The van der Waals surface area contributed by atoms with Crippen LogP contribution in [0.4, 0.5) is 0 Å². The molecule has 10 aromatic rings. The van der Waals surface area contributed by atoms with Crippen molar-refractivity contribution in [2.45, 2.75) is 110 Å². The van der Waals surface area contributed by atoms with Crippen LogP contribution in [0.25, 0.3) is 61.2 Å². The van der Waals surface area contributed by atoms with E-state index in [1.165, 1.54) is 50.1 Å². The minimum absolute atomic E-state index is 0. The zero-order chi connectivity index (χ0) is 48.9. The van der Waals surface area contributed by atoms with Crippen LogP contribution in [0.2, 0.25) is 0 Å². The summed E-state index contributed by atoms with van der Waals surface area (Å²) in [5, 5.41) is 2.22. The second kappa shape index (κ2) is 15.9. The first-order chi connectivity index (χ1) is 33.2. The second-order valence-electron chi connectivity index (χ2n) is 23.6. The van der Waals surface area contributed by atoms with Crippen molar-refractivity contribution in [1.29, 1.82) is 0 Å². The summed E-state index contributed by atoms with van der Waals surface area (Å²) in [7, 11) is 0. The summed E-state index contributed by atoms with van der Waals surface area (Å²) in [6.07, 6.45) is 9.40. The van der Waals surface area contributed by atoms with E-state index in [0.717, 1.165) is 55.6 Å². The van der Waals surface area contributed by atoms with Crippen molar-refractivity contribution < 1.29 is 30.4 Å². The van der Waals surface area contributed by atoms with E-state index in [1.54, 1.807) is 0 Å². The van der Waals surface area contributed by atoms with E-state index in [1.807, 2.05) is 42.9 Å². The van der Waals surface area contributed by atoms with Gasteiger partial charge in [0.2, 0.25) is 0 Å². The standard InChI is InChI=1S/C64H59N5O.Pt/c1-60(2,3)39-32-46-47-33-40(61(4,5)6)35-51(63(10,11)12)58(47)64(57(46)50(34-39)62(7,8)9)48-26-24-43(37-55(48)68-38-67(41-27-30-65-31-28-41)53-21-17-19-49(64)59(53)68)70-42-23-25-45-44-18-13-14-20-52(44)69(54(45)36-42)56-22-15-16-29-66-56;/h13-35H,1-12H3;/q-2;. The normalized spacial score (nSPS) is 13.9. The van der Waals surface area contributed by atoms with E-state index in [2.05, 4.69) is 217 Å². The van der Waals surface area contributed by atoms with Crippen molar-refractivity contribution in [1.82, 2.24) is 19.1 Å². The number of para-hydroxylation sites is 2. The van der Waals surface area contributed by atoms with Crippen LogP contribution in [0, 0.1) is 18.5 Å². The Kier molecular flexibility index (Phi) is 10.5. The van der Waals surface area contributed by atoms with Crippen molar-refractivity contribution in [3.8, 4) is 39.8 Å². The molecule has 7 heteroatoms. The number of imidazole rings is 1. The quantitative estimate of drug-likeness (QED) is 0.130. The molecule has 0 unspecified atom stereocenters. The Bertz CT molecular complexity index is 3700. The molecule has 6 nitrogen and oxygen atoms in total. The number of rotatable bonds is 4. The number of benzene rings is 6. The zero-order valence-corrected chi connectivity index (χ0v) is 45.0. The molecular weight excluding hydrogens is 1050 g/mol. The van der Waals surface area contributed by atoms with Crippen molar-refractivity contribution in [2.24, 2.45) is 0 Å². The maximum Gasteiger partial charge on any atom is 0.268 e.